The molecule has 1 atom stereocenters. The molecule has 0 N–H and O–H groups in total. The molecular formula is C32H33N3O7S. The molecule has 2 aromatic heterocycles. The lowest BCUT2D eigenvalue weighted by atomic mass is 9.95. The first-order chi connectivity index (χ1) is 20.8. The summed E-state index contributed by atoms with van der Waals surface area (Å²) in [6, 6.07) is 12.3. The Hall–Kier alpha value is -4.64. The Morgan fingerprint density at radius 1 is 1.05 bits per heavy atom. The van der Waals surface area contributed by atoms with Gasteiger partial charge in [0.05, 0.1) is 42.2 Å². The summed E-state index contributed by atoms with van der Waals surface area (Å²) in [6.45, 7) is 8.35. The van der Waals surface area contributed by atoms with Gasteiger partial charge in [0, 0.05) is 29.2 Å². The zero-order valence-corrected chi connectivity index (χ0v) is 25.5. The van der Waals surface area contributed by atoms with E-state index in [9.17, 15) is 14.4 Å². The third-order valence-electron chi connectivity index (χ3n) is 7.12. The monoisotopic (exact) mass is 603 g/mol. The van der Waals surface area contributed by atoms with Gasteiger partial charge in [-0.1, -0.05) is 35.6 Å². The van der Waals surface area contributed by atoms with Crippen LogP contribution in [0.2, 0.25) is 0 Å². The highest BCUT2D eigenvalue weighted by Gasteiger charge is 2.34. The zero-order valence-electron chi connectivity index (χ0n) is 24.7. The fourth-order valence-corrected chi connectivity index (χ4v) is 6.22. The van der Waals surface area contributed by atoms with E-state index in [0.717, 1.165) is 23.0 Å². The van der Waals surface area contributed by atoms with Crippen molar-refractivity contribution >= 4 is 40.3 Å². The number of aryl methyl sites for hydroxylation is 1. The number of esters is 2. The number of ether oxygens (including phenoxy) is 4. The molecule has 0 unspecified atom stereocenters. The van der Waals surface area contributed by atoms with Gasteiger partial charge in [0.15, 0.2) is 22.9 Å². The van der Waals surface area contributed by atoms with E-state index in [2.05, 4.69) is 27.3 Å². The van der Waals surface area contributed by atoms with Crippen LogP contribution >= 0.6 is 11.3 Å². The van der Waals surface area contributed by atoms with E-state index in [1.807, 2.05) is 37.4 Å². The third-order valence-corrected chi connectivity index (χ3v) is 8.10. The second-order valence-electron chi connectivity index (χ2n) is 9.69. The molecule has 224 valence electrons. The Labute approximate surface area is 252 Å². The molecule has 0 saturated carbocycles. The molecule has 0 radical (unpaired) electrons. The predicted octanol–water partition coefficient (Wildman–Crippen LogP) is 3.72. The summed E-state index contributed by atoms with van der Waals surface area (Å²) in [4.78, 5) is 44.3. The smallest absolute Gasteiger partial charge is 0.343 e. The van der Waals surface area contributed by atoms with Gasteiger partial charge in [-0.2, -0.15) is 0 Å². The second kappa shape index (κ2) is 12.7. The SMILES string of the molecule is CCOC(=O)C1=C(C)N=c2s/c(=C/c3cn(CC)c4ccccc34)c(=O)n2[C@H]1c1ccc(OCC(=O)OC)c(OCC)c1. The van der Waals surface area contributed by atoms with Crippen LogP contribution in [0, 0.1) is 0 Å². The summed E-state index contributed by atoms with van der Waals surface area (Å²) in [5.41, 5.74) is 3.05. The van der Waals surface area contributed by atoms with E-state index in [0.29, 0.717) is 38.7 Å². The minimum Gasteiger partial charge on any atom is -0.490 e. The summed E-state index contributed by atoms with van der Waals surface area (Å²) in [5.74, 6) is -0.410. The predicted molar refractivity (Wildman–Crippen MR) is 163 cm³/mol. The van der Waals surface area contributed by atoms with Crippen LogP contribution in [-0.2, 0) is 25.6 Å². The lowest BCUT2D eigenvalue weighted by molar-refractivity contribution is -0.143. The van der Waals surface area contributed by atoms with E-state index >= 15 is 0 Å². The maximum Gasteiger partial charge on any atom is 0.343 e. The van der Waals surface area contributed by atoms with Gasteiger partial charge in [0.2, 0.25) is 0 Å². The molecular weight excluding hydrogens is 570 g/mol. The van der Waals surface area contributed by atoms with E-state index in [-0.39, 0.29) is 24.3 Å². The Kier molecular flexibility index (Phi) is 8.81. The first-order valence-corrected chi connectivity index (χ1v) is 14.9. The number of hydrogen-bond donors (Lipinski definition) is 0. The highest BCUT2D eigenvalue weighted by Crippen LogP contribution is 2.36. The summed E-state index contributed by atoms with van der Waals surface area (Å²) in [6.07, 6.45) is 3.92. The number of nitrogens with zero attached hydrogens (tertiary/aromatic N) is 3. The summed E-state index contributed by atoms with van der Waals surface area (Å²) in [5, 5.41) is 1.04. The number of methoxy groups -OCH3 is 1. The number of rotatable bonds is 10. The van der Waals surface area contributed by atoms with Crippen molar-refractivity contribution in [2.75, 3.05) is 26.9 Å². The maximum absolute atomic E-state index is 14.1. The summed E-state index contributed by atoms with van der Waals surface area (Å²) in [7, 11) is 1.28. The minimum absolute atomic E-state index is 0.165. The Morgan fingerprint density at radius 2 is 1.84 bits per heavy atom. The molecule has 2 aromatic carbocycles. The Balaban J connectivity index is 1.69. The number of allylic oxidation sites excluding steroid dienone is 1. The Bertz CT molecular complexity index is 1910. The molecule has 1 aliphatic heterocycles. The molecule has 0 saturated heterocycles. The number of carbonyl (C=O) groups is 2. The van der Waals surface area contributed by atoms with Crippen LogP contribution in [0.15, 0.2) is 69.7 Å². The number of aromatic nitrogens is 2. The van der Waals surface area contributed by atoms with Crippen molar-refractivity contribution in [3.8, 4) is 11.5 Å². The van der Waals surface area contributed by atoms with Crippen molar-refractivity contribution in [2.45, 2.75) is 40.3 Å². The van der Waals surface area contributed by atoms with Crippen LogP contribution < -0.4 is 24.4 Å². The van der Waals surface area contributed by atoms with Crippen molar-refractivity contribution in [1.82, 2.24) is 9.13 Å². The molecule has 3 heterocycles. The molecule has 4 aromatic rings. The molecule has 0 amide bonds. The van der Waals surface area contributed by atoms with Crippen LogP contribution in [0.25, 0.3) is 17.0 Å². The van der Waals surface area contributed by atoms with Crippen LogP contribution in [0.3, 0.4) is 0 Å². The van der Waals surface area contributed by atoms with Gasteiger partial charge >= 0.3 is 11.9 Å². The molecule has 5 rings (SSSR count). The lowest BCUT2D eigenvalue weighted by Gasteiger charge is -2.25. The molecule has 10 nitrogen and oxygen atoms in total. The molecule has 0 spiro atoms. The number of para-hydroxylation sites is 1. The van der Waals surface area contributed by atoms with Crippen LogP contribution in [0.1, 0.15) is 44.9 Å². The van der Waals surface area contributed by atoms with Gasteiger partial charge in [-0.3, -0.25) is 9.36 Å². The van der Waals surface area contributed by atoms with E-state index in [4.69, 9.17) is 14.2 Å². The van der Waals surface area contributed by atoms with Gasteiger partial charge in [0.1, 0.15) is 0 Å². The maximum atomic E-state index is 14.1. The van der Waals surface area contributed by atoms with Crippen LogP contribution in [0.4, 0.5) is 0 Å². The van der Waals surface area contributed by atoms with Gasteiger partial charge in [-0.05, 0) is 57.5 Å². The lowest BCUT2D eigenvalue weighted by Crippen LogP contribution is -2.40. The topological polar surface area (TPSA) is 110 Å². The highest BCUT2D eigenvalue weighted by atomic mass is 32.1. The van der Waals surface area contributed by atoms with Gasteiger partial charge < -0.3 is 23.5 Å². The van der Waals surface area contributed by atoms with E-state index in [1.54, 1.807) is 32.0 Å². The number of fused-ring (bicyclic) bond motifs is 2. The largest absolute Gasteiger partial charge is 0.490 e. The number of benzene rings is 2. The van der Waals surface area contributed by atoms with E-state index < -0.39 is 18.0 Å². The Morgan fingerprint density at radius 3 is 2.56 bits per heavy atom. The molecule has 0 fully saturated rings. The standard InChI is InChI=1S/C32H33N3O7S/c1-6-34-17-21(22-11-9-10-12-23(22)34)16-26-30(37)35-29(28(31(38)41-8-3)19(4)33-32(35)43-26)20-13-14-24(25(15-20)40-7-2)42-18-27(36)39-5/h9-17,29H,6-8,18H2,1-5H3/b26-16+/t29-/m0/s1. The minimum atomic E-state index is -0.830. The number of thiazole rings is 1. The van der Waals surface area contributed by atoms with Crippen LogP contribution in [-0.4, -0.2) is 48.0 Å². The summed E-state index contributed by atoms with van der Waals surface area (Å²) < 4.78 is 25.7. The second-order valence-corrected chi connectivity index (χ2v) is 10.7. The van der Waals surface area contributed by atoms with Crippen molar-refractivity contribution < 1.29 is 28.5 Å². The van der Waals surface area contributed by atoms with Crippen LogP contribution in [0.5, 0.6) is 11.5 Å². The summed E-state index contributed by atoms with van der Waals surface area (Å²) >= 11 is 1.27. The first-order valence-electron chi connectivity index (χ1n) is 14.0. The third kappa shape index (κ3) is 5.72. The van der Waals surface area contributed by atoms with Crippen molar-refractivity contribution in [2.24, 2.45) is 4.99 Å². The van der Waals surface area contributed by atoms with Gasteiger partial charge in [-0.15, -0.1) is 0 Å². The molecule has 11 heteroatoms. The highest BCUT2D eigenvalue weighted by molar-refractivity contribution is 7.07. The number of carbonyl (C=O) groups excluding carboxylic acids is 2. The van der Waals surface area contributed by atoms with Gasteiger partial charge in [0.25, 0.3) is 5.56 Å². The molecule has 1 aliphatic rings. The van der Waals surface area contributed by atoms with Crippen molar-refractivity contribution in [3.63, 3.8) is 0 Å². The normalized spacial score (nSPS) is 14.8. The van der Waals surface area contributed by atoms with Crippen molar-refractivity contribution in [3.05, 3.63) is 90.7 Å². The molecule has 0 bridgehead atoms. The average Bonchev–Trinajstić information content (AvgIpc) is 3.52. The number of hydrogen-bond acceptors (Lipinski definition) is 9. The van der Waals surface area contributed by atoms with Gasteiger partial charge in [-0.25, -0.2) is 14.6 Å². The molecule has 43 heavy (non-hydrogen) atoms. The quantitative estimate of drug-likeness (QED) is 0.254. The molecule has 0 aliphatic carbocycles. The zero-order chi connectivity index (χ0) is 30.7. The fraction of sp³-hybridized carbons (Fsp3) is 0.312. The van der Waals surface area contributed by atoms with Crippen molar-refractivity contribution in [1.29, 1.82) is 0 Å². The fourth-order valence-electron chi connectivity index (χ4n) is 5.18. The van der Waals surface area contributed by atoms with E-state index in [1.165, 1.54) is 23.0 Å². The first kappa shape index (κ1) is 29.8. The average molecular weight is 604 g/mol.